The van der Waals surface area contributed by atoms with Gasteiger partial charge in [-0.15, -0.1) is 0 Å². The highest BCUT2D eigenvalue weighted by Gasteiger charge is 2.11. The standard InChI is InChI=1S/C12H18N2O2S/c1-17(15,16)12-5-3-11(4-6-12)14-9-2-7-13-8-10-14/h3-6,13H,2,7-10H2,1H3. The van der Waals surface area contributed by atoms with Crippen molar-refractivity contribution in [2.75, 3.05) is 37.3 Å². The summed E-state index contributed by atoms with van der Waals surface area (Å²) in [6, 6.07) is 7.15. The molecule has 0 saturated carbocycles. The molecule has 0 aromatic heterocycles. The number of nitrogens with one attached hydrogen (secondary N) is 1. The maximum absolute atomic E-state index is 11.4. The minimum Gasteiger partial charge on any atom is -0.370 e. The Morgan fingerprint density at radius 1 is 1.12 bits per heavy atom. The van der Waals surface area contributed by atoms with Crippen molar-refractivity contribution in [2.45, 2.75) is 11.3 Å². The van der Waals surface area contributed by atoms with E-state index in [2.05, 4.69) is 10.2 Å². The van der Waals surface area contributed by atoms with Crippen molar-refractivity contribution in [1.29, 1.82) is 0 Å². The van der Waals surface area contributed by atoms with E-state index < -0.39 is 9.84 Å². The van der Waals surface area contributed by atoms with Crippen LogP contribution in [0.3, 0.4) is 0 Å². The molecule has 1 saturated heterocycles. The van der Waals surface area contributed by atoms with E-state index in [0.717, 1.165) is 38.3 Å². The van der Waals surface area contributed by atoms with Gasteiger partial charge >= 0.3 is 0 Å². The van der Waals surface area contributed by atoms with Crippen molar-refractivity contribution in [3.05, 3.63) is 24.3 Å². The summed E-state index contributed by atoms with van der Waals surface area (Å²) in [4.78, 5) is 2.67. The summed E-state index contributed by atoms with van der Waals surface area (Å²) in [5, 5.41) is 3.35. The lowest BCUT2D eigenvalue weighted by Gasteiger charge is -2.22. The lowest BCUT2D eigenvalue weighted by atomic mass is 10.2. The summed E-state index contributed by atoms with van der Waals surface area (Å²) in [6.07, 6.45) is 2.35. The van der Waals surface area contributed by atoms with E-state index in [-0.39, 0.29) is 0 Å². The first-order valence-corrected chi connectivity index (χ1v) is 7.72. The van der Waals surface area contributed by atoms with Crippen LogP contribution in [0.2, 0.25) is 0 Å². The number of rotatable bonds is 2. The predicted molar refractivity (Wildman–Crippen MR) is 69.3 cm³/mol. The highest BCUT2D eigenvalue weighted by atomic mass is 32.2. The van der Waals surface area contributed by atoms with Crippen molar-refractivity contribution in [3.8, 4) is 0 Å². The molecule has 1 aromatic rings. The molecule has 1 aliphatic rings. The Labute approximate surface area is 103 Å². The first kappa shape index (κ1) is 12.4. The van der Waals surface area contributed by atoms with Crippen LogP contribution in [0.5, 0.6) is 0 Å². The van der Waals surface area contributed by atoms with Crippen LogP contribution in [0, 0.1) is 0 Å². The summed E-state index contributed by atoms with van der Waals surface area (Å²) in [5.74, 6) is 0. The van der Waals surface area contributed by atoms with Crippen LogP contribution in [0.25, 0.3) is 0 Å². The Bertz CT molecular complexity index is 460. The molecule has 0 radical (unpaired) electrons. The maximum atomic E-state index is 11.4. The van der Waals surface area contributed by atoms with Crippen molar-refractivity contribution < 1.29 is 8.42 Å². The third-order valence-electron chi connectivity index (χ3n) is 2.97. The fourth-order valence-corrected chi connectivity index (χ4v) is 2.64. The van der Waals surface area contributed by atoms with Crippen LogP contribution in [-0.4, -0.2) is 40.9 Å². The van der Waals surface area contributed by atoms with Gasteiger partial charge in [0, 0.05) is 31.6 Å². The molecule has 4 nitrogen and oxygen atoms in total. The molecule has 0 spiro atoms. The quantitative estimate of drug-likeness (QED) is 0.851. The van der Waals surface area contributed by atoms with E-state index in [9.17, 15) is 8.42 Å². The average molecular weight is 254 g/mol. The fourth-order valence-electron chi connectivity index (χ4n) is 2.01. The molecule has 0 aliphatic carbocycles. The molecule has 1 heterocycles. The molecule has 1 aliphatic heterocycles. The normalized spacial score (nSPS) is 17.8. The van der Waals surface area contributed by atoms with Gasteiger partial charge < -0.3 is 10.2 Å². The lowest BCUT2D eigenvalue weighted by Crippen LogP contribution is -2.27. The van der Waals surface area contributed by atoms with E-state index in [1.54, 1.807) is 12.1 Å². The minimum absolute atomic E-state index is 0.384. The molecule has 17 heavy (non-hydrogen) atoms. The highest BCUT2D eigenvalue weighted by molar-refractivity contribution is 7.90. The average Bonchev–Trinajstić information content (AvgIpc) is 2.56. The van der Waals surface area contributed by atoms with E-state index in [4.69, 9.17) is 0 Å². The van der Waals surface area contributed by atoms with Gasteiger partial charge in [0.25, 0.3) is 0 Å². The molecular formula is C12H18N2O2S. The van der Waals surface area contributed by atoms with Crippen molar-refractivity contribution in [1.82, 2.24) is 5.32 Å². The molecule has 94 valence electrons. The molecule has 1 fully saturated rings. The zero-order chi connectivity index (χ0) is 12.3. The fraction of sp³-hybridized carbons (Fsp3) is 0.500. The van der Waals surface area contributed by atoms with Crippen molar-refractivity contribution in [2.24, 2.45) is 0 Å². The van der Waals surface area contributed by atoms with Crippen LogP contribution in [0.4, 0.5) is 5.69 Å². The van der Waals surface area contributed by atoms with Gasteiger partial charge in [0.1, 0.15) is 0 Å². The molecule has 5 heteroatoms. The second-order valence-electron chi connectivity index (χ2n) is 4.36. The number of benzene rings is 1. The molecule has 0 bridgehead atoms. The Morgan fingerprint density at radius 2 is 1.82 bits per heavy atom. The summed E-state index contributed by atoms with van der Waals surface area (Å²) >= 11 is 0. The van der Waals surface area contributed by atoms with Gasteiger partial charge in [0.15, 0.2) is 9.84 Å². The maximum Gasteiger partial charge on any atom is 0.175 e. The van der Waals surface area contributed by atoms with Gasteiger partial charge in [-0.1, -0.05) is 0 Å². The third-order valence-corrected chi connectivity index (χ3v) is 4.10. The Kier molecular flexibility index (Phi) is 3.69. The monoisotopic (exact) mass is 254 g/mol. The molecule has 0 unspecified atom stereocenters. The molecule has 2 rings (SSSR count). The van der Waals surface area contributed by atoms with Gasteiger partial charge in [-0.05, 0) is 37.2 Å². The molecular weight excluding hydrogens is 236 g/mol. The predicted octanol–water partition coefficient (Wildman–Crippen LogP) is 0.890. The van der Waals surface area contributed by atoms with Crippen LogP contribution in [0.15, 0.2) is 29.2 Å². The first-order valence-electron chi connectivity index (χ1n) is 5.83. The lowest BCUT2D eigenvalue weighted by molar-refractivity contribution is 0.602. The number of hydrogen-bond acceptors (Lipinski definition) is 4. The second kappa shape index (κ2) is 5.06. The second-order valence-corrected chi connectivity index (χ2v) is 6.37. The minimum atomic E-state index is -3.09. The number of anilines is 1. The van der Waals surface area contributed by atoms with Crippen LogP contribution < -0.4 is 10.2 Å². The summed E-state index contributed by atoms with van der Waals surface area (Å²) in [7, 11) is -3.09. The van der Waals surface area contributed by atoms with Crippen LogP contribution >= 0.6 is 0 Å². The molecule has 1 aromatic carbocycles. The van der Waals surface area contributed by atoms with E-state index in [0.29, 0.717) is 4.90 Å². The smallest absolute Gasteiger partial charge is 0.175 e. The van der Waals surface area contributed by atoms with Crippen LogP contribution in [0.1, 0.15) is 6.42 Å². The number of nitrogens with zero attached hydrogens (tertiary/aromatic N) is 1. The highest BCUT2D eigenvalue weighted by Crippen LogP contribution is 2.18. The zero-order valence-corrected chi connectivity index (χ0v) is 10.8. The summed E-state index contributed by atoms with van der Waals surface area (Å²) in [5.41, 5.74) is 1.10. The van der Waals surface area contributed by atoms with E-state index in [1.807, 2.05) is 12.1 Å². The molecule has 0 amide bonds. The van der Waals surface area contributed by atoms with Crippen molar-refractivity contribution >= 4 is 15.5 Å². The Balaban J connectivity index is 2.17. The topological polar surface area (TPSA) is 49.4 Å². The van der Waals surface area contributed by atoms with E-state index >= 15 is 0 Å². The SMILES string of the molecule is CS(=O)(=O)c1ccc(N2CCCNCC2)cc1. The first-order chi connectivity index (χ1) is 8.07. The Morgan fingerprint density at radius 3 is 2.47 bits per heavy atom. The number of hydrogen-bond donors (Lipinski definition) is 1. The van der Waals surface area contributed by atoms with Gasteiger partial charge in [-0.2, -0.15) is 0 Å². The van der Waals surface area contributed by atoms with E-state index in [1.165, 1.54) is 6.26 Å². The molecule has 1 N–H and O–H groups in total. The zero-order valence-electron chi connectivity index (χ0n) is 10.0. The largest absolute Gasteiger partial charge is 0.370 e. The Hall–Kier alpha value is -1.07. The summed E-state index contributed by atoms with van der Waals surface area (Å²) in [6.45, 7) is 4.02. The van der Waals surface area contributed by atoms with Gasteiger partial charge in [-0.25, -0.2) is 8.42 Å². The molecule has 0 atom stereocenters. The van der Waals surface area contributed by atoms with Gasteiger partial charge in [0.2, 0.25) is 0 Å². The van der Waals surface area contributed by atoms with Crippen molar-refractivity contribution in [3.63, 3.8) is 0 Å². The van der Waals surface area contributed by atoms with Gasteiger partial charge in [0.05, 0.1) is 4.90 Å². The third kappa shape index (κ3) is 3.20. The number of sulfone groups is 1. The van der Waals surface area contributed by atoms with Gasteiger partial charge in [-0.3, -0.25) is 0 Å². The van der Waals surface area contributed by atoms with Crippen LogP contribution in [-0.2, 0) is 9.84 Å². The summed E-state index contributed by atoms with van der Waals surface area (Å²) < 4.78 is 22.7.